The highest BCUT2D eigenvalue weighted by molar-refractivity contribution is 7.89. The molecule has 1 aromatic heterocycles. The number of rotatable bonds is 3. The maximum Gasteiger partial charge on any atom is 0.356 e. The lowest BCUT2D eigenvalue weighted by Crippen LogP contribution is -2.37. The molecule has 128 valence electrons. The van der Waals surface area contributed by atoms with E-state index in [1.807, 2.05) is 13.0 Å². The van der Waals surface area contributed by atoms with Crippen LogP contribution in [0.25, 0.3) is 0 Å². The van der Waals surface area contributed by atoms with Gasteiger partial charge >= 0.3 is 5.97 Å². The van der Waals surface area contributed by atoms with Crippen LogP contribution in [0.1, 0.15) is 32.9 Å². The van der Waals surface area contributed by atoms with Gasteiger partial charge in [0, 0.05) is 19.2 Å². The summed E-state index contributed by atoms with van der Waals surface area (Å²) >= 11 is 0. The third-order valence-corrected chi connectivity index (χ3v) is 6.37. The summed E-state index contributed by atoms with van der Waals surface area (Å²) in [6, 6.07) is 5.25. The molecule has 2 heterocycles. The number of aryl methyl sites for hydroxylation is 3. The quantitative estimate of drug-likeness (QED) is 0.906. The van der Waals surface area contributed by atoms with Crippen molar-refractivity contribution in [1.82, 2.24) is 14.1 Å². The number of carbonyl (C=O) groups is 1. The van der Waals surface area contributed by atoms with Crippen molar-refractivity contribution >= 4 is 16.0 Å². The molecular weight excluding hydrogens is 330 g/mol. The first kappa shape index (κ1) is 16.7. The van der Waals surface area contributed by atoms with Gasteiger partial charge in [-0.2, -0.15) is 9.40 Å². The summed E-state index contributed by atoms with van der Waals surface area (Å²) in [7, 11) is -2.00. The molecule has 1 aliphatic heterocycles. The molecule has 0 unspecified atom stereocenters. The first-order chi connectivity index (χ1) is 11.2. The number of benzene rings is 1. The SMILES string of the molecule is Cc1ccc(S(=O)(=O)N2CCc3c(C(=O)O)nn(C)c3C2)c(C)c1. The minimum Gasteiger partial charge on any atom is -0.476 e. The van der Waals surface area contributed by atoms with Crippen molar-refractivity contribution in [1.29, 1.82) is 0 Å². The highest BCUT2D eigenvalue weighted by Gasteiger charge is 2.33. The third kappa shape index (κ3) is 2.61. The van der Waals surface area contributed by atoms with Crippen molar-refractivity contribution in [2.45, 2.75) is 31.7 Å². The van der Waals surface area contributed by atoms with Crippen molar-refractivity contribution in [3.63, 3.8) is 0 Å². The maximum absolute atomic E-state index is 13.0. The molecule has 0 amide bonds. The normalized spacial score (nSPS) is 15.3. The molecular formula is C16H19N3O4S. The maximum atomic E-state index is 13.0. The molecule has 0 fully saturated rings. The summed E-state index contributed by atoms with van der Waals surface area (Å²) in [6.07, 6.45) is 0.342. The van der Waals surface area contributed by atoms with Gasteiger partial charge in [-0.25, -0.2) is 13.2 Å². The number of sulfonamides is 1. The van der Waals surface area contributed by atoms with Crippen molar-refractivity contribution in [2.24, 2.45) is 7.05 Å². The summed E-state index contributed by atoms with van der Waals surface area (Å²) in [5.74, 6) is -1.09. The van der Waals surface area contributed by atoms with Crippen molar-refractivity contribution < 1.29 is 18.3 Å². The van der Waals surface area contributed by atoms with E-state index in [1.54, 1.807) is 26.1 Å². The molecule has 0 radical (unpaired) electrons. The Bertz CT molecular complexity index is 931. The van der Waals surface area contributed by atoms with E-state index in [9.17, 15) is 18.3 Å². The Labute approximate surface area is 140 Å². The fourth-order valence-electron chi connectivity index (χ4n) is 3.15. The Morgan fingerprint density at radius 2 is 2.00 bits per heavy atom. The highest BCUT2D eigenvalue weighted by Crippen LogP contribution is 2.28. The highest BCUT2D eigenvalue weighted by atomic mass is 32.2. The van der Waals surface area contributed by atoms with Gasteiger partial charge in [0.1, 0.15) is 0 Å². The van der Waals surface area contributed by atoms with Crippen LogP contribution in [0.2, 0.25) is 0 Å². The molecule has 1 aliphatic rings. The molecule has 7 nitrogen and oxygen atoms in total. The van der Waals surface area contributed by atoms with E-state index in [0.717, 1.165) is 5.56 Å². The van der Waals surface area contributed by atoms with Crippen LogP contribution in [0.3, 0.4) is 0 Å². The first-order valence-corrected chi connectivity index (χ1v) is 9.01. The fraction of sp³-hybridized carbons (Fsp3) is 0.375. The minimum atomic E-state index is -3.64. The molecule has 8 heteroatoms. The lowest BCUT2D eigenvalue weighted by molar-refractivity contribution is 0.0688. The largest absolute Gasteiger partial charge is 0.476 e. The average molecular weight is 349 g/mol. The van der Waals surface area contributed by atoms with E-state index in [2.05, 4.69) is 5.10 Å². The predicted octanol–water partition coefficient (Wildman–Crippen LogP) is 1.48. The number of aromatic carboxylic acids is 1. The number of hydrogen-bond acceptors (Lipinski definition) is 4. The van der Waals surface area contributed by atoms with E-state index in [0.29, 0.717) is 23.2 Å². The summed E-state index contributed by atoms with van der Waals surface area (Å²) in [5.41, 5.74) is 2.97. The first-order valence-electron chi connectivity index (χ1n) is 7.57. The van der Waals surface area contributed by atoms with Gasteiger partial charge in [-0.3, -0.25) is 4.68 Å². The van der Waals surface area contributed by atoms with Gasteiger partial charge in [0.05, 0.1) is 17.1 Å². The summed E-state index contributed by atoms with van der Waals surface area (Å²) in [6.45, 7) is 4.07. The van der Waals surface area contributed by atoms with Crippen LogP contribution >= 0.6 is 0 Å². The van der Waals surface area contributed by atoms with E-state index in [1.165, 1.54) is 8.99 Å². The van der Waals surface area contributed by atoms with Crippen LogP contribution in [0.15, 0.2) is 23.1 Å². The zero-order valence-corrected chi connectivity index (χ0v) is 14.6. The molecule has 0 bridgehead atoms. The standard InChI is InChI=1S/C16H19N3O4S/c1-10-4-5-14(11(2)8-10)24(22,23)19-7-6-12-13(9-19)18(3)17-15(12)16(20)21/h4-5,8H,6-7,9H2,1-3H3,(H,20,21). The van der Waals surface area contributed by atoms with Crippen molar-refractivity contribution in [2.75, 3.05) is 6.54 Å². The van der Waals surface area contributed by atoms with Crippen molar-refractivity contribution in [3.05, 3.63) is 46.3 Å². The van der Waals surface area contributed by atoms with Crippen LogP contribution in [0, 0.1) is 13.8 Å². The molecule has 0 saturated heterocycles. The molecule has 1 aromatic carbocycles. The lowest BCUT2D eigenvalue weighted by atomic mass is 10.1. The molecule has 2 aromatic rings. The topological polar surface area (TPSA) is 92.5 Å². The Balaban J connectivity index is 1.99. The second-order valence-electron chi connectivity index (χ2n) is 6.06. The molecule has 1 N–H and O–H groups in total. The zero-order valence-electron chi connectivity index (χ0n) is 13.8. The lowest BCUT2D eigenvalue weighted by Gasteiger charge is -2.27. The van der Waals surface area contributed by atoms with Crippen LogP contribution in [-0.2, 0) is 30.0 Å². The molecule has 3 rings (SSSR count). The number of hydrogen-bond donors (Lipinski definition) is 1. The van der Waals surface area contributed by atoms with Gasteiger partial charge in [0.15, 0.2) is 5.69 Å². The predicted molar refractivity (Wildman–Crippen MR) is 87.4 cm³/mol. The number of carboxylic acids is 1. The Morgan fingerprint density at radius 3 is 2.62 bits per heavy atom. The van der Waals surface area contributed by atoms with E-state index in [-0.39, 0.29) is 23.7 Å². The third-order valence-electron chi connectivity index (χ3n) is 4.36. The van der Waals surface area contributed by atoms with Crippen molar-refractivity contribution in [3.8, 4) is 0 Å². The zero-order chi connectivity index (χ0) is 17.6. The van der Waals surface area contributed by atoms with Gasteiger partial charge < -0.3 is 5.11 Å². The Morgan fingerprint density at radius 1 is 1.29 bits per heavy atom. The van der Waals surface area contributed by atoms with Gasteiger partial charge in [0.2, 0.25) is 10.0 Å². The average Bonchev–Trinajstić information content (AvgIpc) is 2.84. The monoisotopic (exact) mass is 349 g/mol. The summed E-state index contributed by atoms with van der Waals surface area (Å²) in [5, 5.41) is 13.2. The second-order valence-corrected chi connectivity index (χ2v) is 7.97. The molecule has 0 saturated carbocycles. The Hall–Kier alpha value is -2.19. The smallest absolute Gasteiger partial charge is 0.356 e. The number of carboxylic acid groups (broad SMARTS) is 1. The van der Waals surface area contributed by atoms with E-state index in [4.69, 9.17) is 0 Å². The second kappa shape index (κ2) is 5.71. The number of aromatic nitrogens is 2. The Kier molecular flexibility index (Phi) is 3.97. The van der Waals surface area contributed by atoms with Crippen LogP contribution in [0.5, 0.6) is 0 Å². The molecule has 0 atom stereocenters. The number of fused-ring (bicyclic) bond motifs is 1. The summed E-state index contributed by atoms with van der Waals surface area (Å²) in [4.78, 5) is 11.5. The van der Waals surface area contributed by atoms with Gasteiger partial charge in [-0.1, -0.05) is 17.7 Å². The van der Waals surface area contributed by atoms with Crippen LogP contribution < -0.4 is 0 Å². The van der Waals surface area contributed by atoms with Crippen LogP contribution in [0.4, 0.5) is 0 Å². The summed E-state index contributed by atoms with van der Waals surface area (Å²) < 4.78 is 28.8. The van der Waals surface area contributed by atoms with E-state index >= 15 is 0 Å². The van der Waals surface area contributed by atoms with E-state index < -0.39 is 16.0 Å². The minimum absolute atomic E-state index is 0.0102. The number of nitrogens with zero attached hydrogens (tertiary/aromatic N) is 3. The molecule has 0 spiro atoms. The van der Waals surface area contributed by atoms with Gasteiger partial charge in [0.25, 0.3) is 0 Å². The van der Waals surface area contributed by atoms with Gasteiger partial charge in [-0.05, 0) is 31.9 Å². The fourth-order valence-corrected chi connectivity index (χ4v) is 4.76. The molecule has 0 aliphatic carbocycles. The van der Waals surface area contributed by atoms with Crippen LogP contribution in [-0.4, -0.2) is 40.1 Å². The molecule has 24 heavy (non-hydrogen) atoms. The van der Waals surface area contributed by atoms with Gasteiger partial charge in [-0.15, -0.1) is 0 Å².